The van der Waals surface area contributed by atoms with Gasteiger partial charge in [-0.2, -0.15) is 0 Å². The molecule has 2 aromatic carbocycles. The van der Waals surface area contributed by atoms with Crippen LogP contribution in [0.2, 0.25) is 5.02 Å². The molecule has 6 nitrogen and oxygen atoms in total. The lowest BCUT2D eigenvalue weighted by Crippen LogP contribution is -2.46. The molecule has 1 aliphatic heterocycles. The molecule has 0 saturated heterocycles. The van der Waals surface area contributed by atoms with E-state index < -0.39 is 6.04 Å². The highest BCUT2D eigenvalue weighted by Gasteiger charge is 2.33. The van der Waals surface area contributed by atoms with Gasteiger partial charge in [-0.3, -0.25) is 9.59 Å². The second kappa shape index (κ2) is 11.1. The lowest BCUT2D eigenvalue weighted by atomic mass is 10.0. The Morgan fingerprint density at radius 3 is 2.39 bits per heavy atom. The summed E-state index contributed by atoms with van der Waals surface area (Å²) in [4.78, 5) is 28.2. The van der Waals surface area contributed by atoms with E-state index in [9.17, 15) is 9.59 Å². The predicted octanol–water partition coefficient (Wildman–Crippen LogP) is 5.22. The van der Waals surface area contributed by atoms with Gasteiger partial charge in [-0.15, -0.1) is 11.6 Å². The van der Waals surface area contributed by atoms with E-state index in [1.54, 1.807) is 24.3 Å². The Hall–Kier alpha value is -2.44. The number of amides is 2. The second-order valence-electron chi connectivity index (χ2n) is 8.49. The summed E-state index contributed by atoms with van der Waals surface area (Å²) in [5.41, 5.74) is 1.50. The number of hydrogen-bond acceptors (Lipinski definition) is 4. The lowest BCUT2D eigenvalue weighted by molar-refractivity contribution is -0.140. The molecule has 2 aliphatic rings. The van der Waals surface area contributed by atoms with Crippen LogP contribution in [-0.2, 0) is 16.1 Å². The van der Waals surface area contributed by atoms with E-state index in [2.05, 4.69) is 5.32 Å². The summed E-state index contributed by atoms with van der Waals surface area (Å²) in [6.45, 7) is 0.369. The van der Waals surface area contributed by atoms with Gasteiger partial charge in [-0.05, 0) is 48.2 Å². The van der Waals surface area contributed by atoms with Gasteiger partial charge in [0, 0.05) is 17.6 Å². The molecule has 0 bridgehead atoms. The third-order valence-electron chi connectivity index (χ3n) is 6.17. The summed E-state index contributed by atoms with van der Waals surface area (Å²) in [5, 5.41) is 3.77. The summed E-state index contributed by atoms with van der Waals surface area (Å²) in [7, 11) is 0. The Bertz CT molecular complexity index is 975. The van der Waals surface area contributed by atoms with E-state index in [0.29, 0.717) is 22.1 Å². The molecule has 2 aromatic rings. The molecule has 1 fully saturated rings. The van der Waals surface area contributed by atoms with Crippen molar-refractivity contribution in [2.75, 3.05) is 12.7 Å². The van der Waals surface area contributed by atoms with Crippen LogP contribution in [0.1, 0.15) is 55.7 Å². The maximum absolute atomic E-state index is 13.6. The van der Waals surface area contributed by atoms with Gasteiger partial charge in [0.2, 0.25) is 18.6 Å². The number of hydrogen-bond donors (Lipinski definition) is 1. The molecule has 0 radical (unpaired) electrons. The topological polar surface area (TPSA) is 67.9 Å². The fourth-order valence-corrected chi connectivity index (χ4v) is 4.74. The first-order chi connectivity index (χ1) is 16.0. The van der Waals surface area contributed by atoms with Crippen LogP contribution in [0.4, 0.5) is 0 Å². The SMILES string of the molecule is O=C(NC1CCCCCC1)[C@H](c1ccc(Cl)cc1)N(Cc1ccc2c(c1)OCO2)C(=O)CCl. The summed E-state index contributed by atoms with van der Waals surface area (Å²) in [6.07, 6.45) is 6.47. The molecule has 0 unspecified atom stereocenters. The number of nitrogens with one attached hydrogen (secondary N) is 1. The lowest BCUT2D eigenvalue weighted by Gasteiger charge is -2.32. The molecule has 1 atom stereocenters. The molecular weight excluding hydrogens is 463 g/mol. The second-order valence-corrected chi connectivity index (χ2v) is 9.20. The summed E-state index contributed by atoms with van der Waals surface area (Å²) >= 11 is 12.1. The molecule has 1 saturated carbocycles. The number of alkyl halides is 1. The number of nitrogens with zero attached hydrogens (tertiary/aromatic N) is 1. The van der Waals surface area contributed by atoms with Crippen LogP contribution < -0.4 is 14.8 Å². The number of carbonyl (C=O) groups excluding carboxylic acids is 2. The molecular formula is C25H28Cl2N2O4. The van der Waals surface area contributed by atoms with Gasteiger partial charge in [0.25, 0.3) is 0 Å². The zero-order valence-electron chi connectivity index (χ0n) is 18.4. The summed E-state index contributed by atoms with van der Waals surface area (Å²) < 4.78 is 10.9. The van der Waals surface area contributed by atoms with E-state index in [4.69, 9.17) is 32.7 Å². The van der Waals surface area contributed by atoms with Crippen LogP contribution in [0.5, 0.6) is 11.5 Å². The van der Waals surface area contributed by atoms with Crippen LogP contribution in [0, 0.1) is 0 Å². The summed E-state index contributed by atoms with van der Waals surface area (Å²) in [5.74, 6) is 0.519. The first-order valence-electron chi connectivity index (χ1n) is 11.3. The number of benzene rings is 2. The fraction of sp³-hybridized carbons (Fsp3) is 0.440. The van der Waals surface area contributed by atoms with Crippen molar-refractivity contribution in [2.24, 2.45) is 0 Å². The standard InChI is InChI=1S/C25H28Cl2N2O4/c26-14-23(30)29(15-17-7-12-21-22(13-17)33-16-32-21)24(18-8-10-19(27)11-9-18)25(31)28-20-5-3-1-2-4-6-20/h7-13,20,24H,1-6,14-16H2,(H,28,31)/t24-/m0/s1. The smallest absolute Gasteiger partial charge is 0.247 e. The quantitative estimate of drug-likeness (QED) is 0.426. The fourth-order valence-electron chi connectivity index (χ4n) is 4.46. The van der Waals surface area contributed by atoms with Crippen molar-refractivity contribution in [3.05, 3.63) is 58.6 Å². The van der Waals surface area contributed by atoms with E-state index >= 15 is 0 Å². The van der Waals surface area contributed by atoms with Gasteiger partial charge < -0.3 is 19.7 Å². The van der Waals surface area contributed by atoms with Gasteiger partial charge in [-0.25, -0.2) is 0 Å². The highest BCUT2D eigenvalue weighted by Crippen LogP contribution is 2.34. The van der Waals surface area contributed by atoms with Crippen LogP contribution >= 0.6 is 23.2 Å². The Kier molecular flexibility index (Phi) is 7.99. The van der Waals surface area contributed by atoms with E-state index in [1.807, 2.05) is 18.2 Å². The largest absolute Gasteiger partial charge is 0.454 e. The predicted molar refractivity (Wildman–Crippen MR) is 128 cm³/mol. The van der Waals surface area contributed by atoms with Crippen molar-refractivity contribution in [3.63, 3.8) is 0 Å². The van der Waals surface area contributed by atoms with Crippen molar-refractivity contribution >= 4 is 35.0 Å². The number of ether oxygens (including phenoxy) is 2. The van der Waals surface area contributed by atoms with E-state index in [1.165, 1.54) is 17.7 Å². The van der Waals surface area contributed by atoms with E-state index in [-0.39, 0.29) is 37.1 Å². The van der Waals surface area contributed by atoms with Crippen LogP contribution in [0.25, 0.3) is 0 Å². The highest BCUT2D eigenvalue weighted by molar-refractivity contribution is 6.30. The first-order valence-corrected chi connectivity index (χ1v) is 12.3. The third kappa shape index (κ3) is 5.92. The zero-order chi connectivity index (χ0) is 23.2. The average Bonchev–Trinajstić information content (AvgIpc) is 3.14. The third-order valence-corrected chi connectivity index (χ3v) is 6.65. The van der Waals surface area contributed by atoms with Gasteiger partial charge in [0.05, 0.1) is 0 Å². The van der Waals surface area contributed by atoms with Crippen molar-refractivity contribution in [1.29, 1.82) is 0 Å². The minimum absolute atomic E-state index is 0.105. The Morgan fingerprint density at radius 1 is 1.00 bits per heavy atom. The van der Waals surface area contributed by atoms with Crippen LogP contribution in [0.3, 0.4) is 0 Å². The molecule has 1 aliphatic carbocycles. The van der Waals surface area contributed by atoms with Gasteiger partial charge in [0.15, 0.2) is 11.5 Å². The maximum Gasteiger partial charge on any atom is 0.247 e. The molecule has 8 heteroatoms. The molecule has 1 heterocycles. The highest BCUT2D eigenvalue weighted by atomic mass is 35.5. The van der Waals surface area contributed by atoms with Crippen molar-refractivity contribution in [2.45, 2.75) is 57.2 Å². The van der Waals surface area contributed by atoms with Gasteiger partial charge >= 0.3 is 0 Å². The number of halogens is 2. The van der Waals surface area contributed by atoms with Crippen LogP contribution in [-0.4, -0.2) is 35.4 Å². The van der Waals surface area contributed by atoms with Gasteiger partial charge in [0.1, 0.15) is 11.9 Å². The minimum Gasteiger partial charge on any atom is -0.454 e. The first kappa shape index (κ1) is 23.7. The van der Waals surface area contributed by atoms with Crippen LogP contribution in [0.15, 0.2) is 42.5 Å². The monoisotopic (exact) mass is 490 g/mol. The molecule has 0 spiro atoms. The zero-order valence-corrected chi connectivity index (χ0v) is 19.9. The maximum atomic E-state index is 13.6. The van der Waals surface area contributed by atoms with Gasteiger partial charge in [-0.1, -0.05) is 55.5 Å². The number of carbonyl (C=O) groups is 2. The van der Waals surface area contributed by atoms with E-state index in [0.717, 1.165) is 31.2 Å². The molecule has 2 amide bonds. The molecule has 0 aromatic heterocycles. The number of fused-ring (bicyclic) bond motifs is 1. The Morgan fingerprint density at radius 2 is 1.70 bits per heavy atom. The van der Waals surface area contributed by atoms with Crippen molar-refractivity contribution in [1.82, 2.24) is 10.2 Å². The molecule has 33 heavy (non-hydrogen) atoms. The normalized spacial score (nSPS) is 16.7. The number of rotatable bonds is 7. The minimum atomic E-state index is -0.831. The Balaban J connectivity index is 1.64. The molecule has 176 valence electrons. The molecule has 4 rings (SSSR count). The van der Waals surface area contributed by atoms with Crippen molar-refractivity contribution < 1.29 is 19.1 Å². The van der Waals surface area contributed by atoms with Crippen molar-refractivity contribution in [3.8, 4) is 11.5 Å². The molecule has 1 N–H and O–H groups in total. The summed E-state index contributed by atoms with van der Waals surface area (Å²) in [6, 6.07) is 11.8. The Labute approximate surface area is 204 Å². The average molecular weight is 491 g/mol.